The van der Waals surface area contributed by atoms with Crippen LogP contribution in [-0.2, 0) is 0 Å². The molecule has 0 atom stereocenters. The number of nitrogens with zero attached hydrogens (tertiary/aromatic N) is 3. The lowest BCUT2D eigenvalue weighted by Gasteiger charge is -2.18. The van der Waals surface area contributed by atoms with Crippen molar-refractivity contribution < 1.29 is 4.42 Å². The smallest absolute Gasteiger partial charge is 0.227 e. The van der Waals surface area contributed by atoms with Crippen LogP contribution in [0.15, 0.2) is 132 Å². The van der Waals surface area contributed by atoms with Crippen molar-refractivity contribution in [2.24, 2.45) is 0 Å². The lowest BCUT2D eigenvalue weighted by atomic mass is 9.85. The Balaban J connectivity index is 1.38. The maximum atomic E-state index is 6.02. The minimum atomic E-state index is 0.630. The van der Waals surface area contributed by atoms with Crippen molar-refractivity contribution in [2.75, 3.05) is 0 Å². The van der Waals surface area contributed by atoms with Crippen LogP contribution in [0.5, 0.6) is 0 Å². The number of rotatable bonds is 3. The van der Waals surface area contributed by atoms with E-state index in [0.717, 1.165) is 38.7 Å². The molecule has 0 aliphatic rings. The molecule has 6 aromatic carbocycles. The molecule has 2 heterocycles. The van der Waals surface area contributed by atoms with Gasteiger partial charge >= 0.3 is 0 Å². The summed E-state index contributed by atoms with van der Waals surface area (Å²) in [4.78, 5) is 4.68. The van der Waals surface area contributed by atoms with Crippen LogP contribution in [0.1, 0.15) is 0 Å². The van der Waals surface area contributed by atoms with Crippen molar-refractivity contribution in [1.29, 1.82) is 0 Å². The molecule has 8 rings (SSSR count). The van der Waals surface area contributed by atoms with E-state index >= 15 is 0 Å². The summed E-state index contributed by atoms with van der Waals surface area (Å²) in [6, 6.07) is 41.9. The van der Waals surface area contributed by atoms with E-state index in [4.69, 9.17) is 4.42 Å². The Morgan fingerprint density at radius 1 is 0.462 bits per heavy atom. The minimum absolute atomic E-state index is 0.630. The normalized spacial score (nSPS) is 11.6. The summed E-state index contributed by atoms with van der Waals surface area (Å²) in [7, 11) is 0. The first kappa shape index (κ1) is 21.7. The minimum Gasteiger partial charge on any atom is -0.436 e. The fraction of sp³-hybridized carbons (Fsp3) is 0. The summed E-state index contributed by atoms with van der Waals surface area (Å²) in [6.45, 7) is 0. The number of fused-ring (bicyclic) bond motifs is 4. The lowest BCUT2D eigenvalue weighted by molar-refractivity contribution is 0.620. The Labute approximate surface area is 224 Å². The second-order valence-corrected chi connectivity index (χ2v) is 9.68. The van der Waals surface area contributed by atoms with Crippen LogP contribution in [0, 0.1) is 0 Å². The van der Waals surface area contributed by atoms with Gasteiger partial charge in [-0.2, -0.15) is 10.2 Å². The molecule has 0 aliphatic heterocycles. The first-order valence-corrected chi connectivity index (χ1v) is 13.0. The van der Waals surface area contributed by atoms with Crippen LogP contribution in [0.4, 0.5) is 0 Å². The van der Waals surface area contributed by atoms with Crippen molar-refractivity contribution in [3.8, 4) is 33.7 Å². The fourth-order valence-corrected chi connectivity index (χ4v) is 5.71. The van der Waals surface area contributed by atoms with Gasteiger partial charge in [-0.05, 0) is 68.6 Å². The number of oxazole rings is 1. The third-order valence-corrected chi connectivity index (χ3v) is 7.46. The van der Waals surface area contributed by atoms with Crippen LogP contribution in [0.2, 0.25) is 0 Å². The molecule has 0 radical (unpaired) electrons. The largest absolute Gasteiger partial charge is 0.436 e. The van der Waals surface area contributed by atoms with Gasteiger partial charge in [0.15, 0.2) is 5.58 Å². The van der Waals surface area contributed by atoms with Crippen molar-refractivity contribution in [1.82, 2.24) is 15.2 Å². The van der Waals surface area contributed by atoms with Gasteiger partial charge in [0.05, 0.1) is 11.7 Å². The lowest BCUT2D eigenvalue weighted by Crippen LogP contribution is -1.93. The molecule has 0 aliphatic carbocycles. The van der Waals surface area contributed by atoms with E-state index < -0.39 is 0 Å². The maximum absolute atomic E-state index is 6.02. The van der Waals surface area contributed by atoms with Crippen LogP contribution in [0.3, 0.4) is 0 Å². The molecule has 0 amide bonds. The van der Waals surface area contributed by atoms with Crippen molar-refractivity contribution in [3.05, 3.63) is 128 Å². The van der Waals surface area contributed by atoms with Gasteiger partial charge in [0.1, 0.15) is 5.52 Å². The van der Waals surface area contributed by atoms with Gasteiger partial charge in [-0.25, -0.2) is 4.98 Å². The van der Waals surface area contributed by atoms with E-state index in [9.17, 15) is 0 Å². The monoisotopic (exact) mass is 499 g/mol. The molecule has 0 saturated carbocycles. The zero-order valence-electron chi connectivity index (χ0n) is 20.9. The summed E-state index contributed by atoms with van der Waals surface area (Å²) in [6.07, 6.45) is 1.89. The highest BCUT2D eigenvalue weighted by atomic mass is 16.3. The molecular formula is C35H21N3O. The van der Waals surface area contributed by atoms with Gasteiger partial charge in [-0.1, -0.05) is 91.0 Å². The number of hydrogen-bond donors (Lipinski definition) is 0. The molecule has 8 aromatic rings. The van der Waals surface area contributed by atoms with E-state index in [2.05, 4.69) is 100 Å². The molecule has 2 aromatic heterocycles. The first-order valence-electron chi connectivity index (χ1n) is 13.0. The van der Waals surface area contributed by atoms with E-state index in [1.165, 1.54) is 32.7 Å². The zero-order chi connectivity index (χ0) is 25.8. The summed E-state index contributed by atoms with van der Waals surface area (Å²) in [5, 5.41) is 14.6. The third-order valence-electron chi connectivity index (χ3n) is 7.46. The number of hydrogen-bond acceptors (Lipinski definition) is 4. The highest BCUT2D eigenvalue weighted by molar-refractivity contribution is 6.23. The van der Waals surface area contributed by atoms with Gasteiger partial charge in [-0.15, -0.1) is 0 Å². The Morgan fingerprint density at radius 2 is 1.00 bits per heavy atom. The molecule has 0 saturated heterocycles. The van der Waals surface area contributed by atoms with E-state index in [1.54, 1.807) is 0 Å². The second-order valence-electron chi connectivity index (χ2n) is 9.68. The average Bonchev–Trinajstić information content (AvgIpc) is 3.44. The third kappa shape index (κ3) is 3.42. The molecule has 182 valence electrons. The quantitative estimate of drug-likeness (QED) is 0.228. The number of para-hydroxylation sites is 2. The zero-order valence-corrected chi connectivity index (χ0v) is 20.9. The second kappa shape index (κ2) is 8.61. The highest BCUT2D eigenvalue weighted by Gasteiger charge is 2.18. The molecule has 0 spiro atoms. The standard InChI is InChI=1S/C35H21N3O/c1-3-12-27-25(10-1)33(22-17-19-23(20-18-22)35-37-31-15-7-8-16-32(31)39-35)26-11-2-4-13-28(26)34(27)29-21-36-38-30-14-6-5-9-24(29)30/h1-21H. The molecule has 0 bridgehead atoms. The Hall–Kier alpha value is -5.35. The van der Waals surface area contributed by atoms with Gasteiger partial charge in [-0.3, -0.25) is 0 Å². The first-order chi connectivity index (χ1) is 19.3. The van der Waals surface area contributed by atoms with Crippen LogP contribution < -0.4 is 0 Å². The SMILES string of the molecule is c1ccc2oc(-c3ccc(-c4c5ccccc5c(-c5cnnc6ccccc56)c5ccccc45)cc3)nc2c1. The molecule has 0 fully saturated rings. The maximum Gasteiger partial charge on any atom is 0.227 e. The topological polar surface area (TPSA) is 51.8 Å². The molecular weight excluding hydrogens is 478 g/mol. The van der Waals surface area contributed by atoms with Gasteiger partial charge in [0, 0.05) is 16.5 Å². The molecule has 4 heteroatoms. The number of benzene rings is 6. The van der Waals surface area contributed by atoms with Gasteiger partial charge in [0.2, 0.25) is 5.89 Å². The Bertz CT molecular complexity index is 2080. The van der Waals surface area contributed by atoms with Crippen LogP contribution in [0.25, 0.3) is 77.3 Å². The summed E-state index contributed by atoms with van der Waals surface area (Å²) >= 11 is 0. The summed E-state index contributed by atoms with van der Waals surface area (Å²) < 4.78 is 6.02. The van der Waals surface area contributed by atoms with Gasteiger partial charge in [0.25, 0.3) is 0 Å². The molecule has 4 nitrogen and oxygen atoms in total. The van der Waals surface area contributed by atoms with Crippen molar-refractivity contribution in [3.63, 3.8) is 0 Å². The van der Waals surface area contributed by atoms with E-state index in [-0.39, 0.29) is 0 Å². The van der Waals surface area contributed by atoms with Gasteiger partial charge < -0.3 is 4.42 Å². The molecule has 39 heavy (non-hydrogen) atoms. The Kier molecular flexibility index (Phi) is 4.79. The van der Waals surface area contributed by atoms with Crippen molar-refractivity contribution >= 4 is 43.5 Å². The van der Waals surface area contributed by atoms with Crippen molar-refractivity contribution in [2.45, 2.75) is 0 Å². The van der Waals surface area contributed by atoms with Crippen LogP contribution >= 0.6 is 0 Å². The van der Waals surface area contributed by atoms with E-state index in [1.807, 2.05) is 42.6 Å². The predicted octanol–water partition coefficient (Wildman–Crippen LogP) is 9.08. The van der Waals surface area contributed by atoms with Crippen LogP contribution in [-0.4, -0.2) is 15.2 Å². The van der Waals surface area contributed by atoms with E-state index in [0.29, 0.717) is 5.89 Å². The average molecular weight is 500 g/mol. The number of aromatic nitrogens is 3. The summed E-state index contributed by atoms with van der Waals surface area (Å²) in [5.74, 6) is 0.630. The summed E-state index contributed by atoms with van der Waals surface area (Å²) in [5.41, 5.74) is 8.12. The predicted molar refractivity (Wildman–Crippen MR) is 158 cm³/mol. The highest BCUT2D eigenvalue weighted by Crippen LogP contribution is 2.45. The molecule has 0 unspecified atom stereocenters. The molecule has 0 N–H and O–H groups in total. The fourth-order valence-electron chi connectivity index (χ4n) is 5.71. The Morgan fingerprint density at radius 3 is 1.67 bits per heavy atom.